The molecule has 1 fully saturated rings. The van der Waals surface area contributed by atoms with Gasteiger partial charge >= 0.3 is 0 Å². The number of aromatic nitrogens is 1. The highest BCUT2D eigenvalue weighted by Gasteiger charge is 2.22. The molecule has 2 rings (SSSR count). The van der Waals surface area contributed by atoms with Crippen molar-refractivity contribution in [1.29, 1.82) is 0 Å². The lowest BCUT2D eigenvalue weighted by atomic mass is 9.91. The quantitative estimate of drug-likeness (QED) is 0.738. The molecule has 14 heavy (non-hydrogen) atoms. The first-order valence-corrected chi connectivity index (χ1v) is 5.15. The van der Waals surface area contributed by atoms with Crippen LogP contribution in [0.3, 0.4) is 0 Å². The van der Waals surface area contributed by atoms with Crippen molar-refractivity contribution in [3.8, 4) is 0 Å². The van der Waals surface area contributed by atoms with Crippen molar-refractivity contribution < 1.29 is 5.11 Å². The molecule has 3 heteroatoms. The van der Waals surface area contributed by atoms with E-state index in [-0.39, 0.29) is 0 Å². The van der Waals surface area contributed by atoms with Gasteiger partial charge in [0.15, 0.2) is 0 Å². The summed E-state index contributed by atoms with van der Waals surface area (Å²) in [5.41, 5.74) is 1.09. The highest BCUT2D eigenvalue weighted by atomic mass is 16.3. The lowest BCUT2D eigenvalue weighted by Gasteiger charge is -2.28. The first-order chi connectivity index (χ1) is 6.90. The van der Waals surface area contributed by atoms with E-state index in [0.29, 0.717) is 18.6 Å². The second kappa shape index (κ2) is 4.53. The Balaban J connectivity index is 2.04. The Morgan fingerprint density at radius 2 is 2.43 bits per heavy atom. The van der Waals surface area contributed by atoms with Gasteiger partial charge in [0.05, 0.1) is 5.69 Å². The van der Waals surface area contributed by atoms with Crippen molar-refractivity contribution in [1.82, 2.24) is 10.3 Å². The van der Waals surface area contributed by atoms with Crippen LogP contribution in [0, 0.1) is 5.92 Å². The smallest absolute Gasteiger partial charge is 0.0573 e. The Morgan fingerprint density at radius 3 is 3.14 bits per heavy atom. The summed E-state index contributed by atoms with van der Waals surface area (Å²) in [6, 6.07) is 6.29. The van der Waals surface area contributed by atoms with Crippen LogP contribution in [0.25, 0.3) is 0 Å². The molecule has 1 saturated heterocycles. The average molecular weight is 192 g/mol. The number of hydrogen-bond acceptors (Lipinski definition) is 3. The van der Waals surface area contributed by atoms with Crippen molar-refractivity contribution in [2.24, 2.45) is 5.92 Å². The minimum Gasteiger partial charge on any atom is -0.396 e. The fraction of sp³-hybridized carbons (Fsp3) is 0.545. The molecular formula is C11H16N2O. The Hall–Kier alpha value is -0.930. The fourth-order valence-electron chi connectivity index (χ4n) is 1.97. The number of rotatable bonds is 2. The monoisotopic (exact) mass is 192 g/mol. The first kappa shape index (κ1) is 9.62. The predicted octanol–water partition coefficient (Wildman–Crippen LogP) is 1.11. The minimum absolute atomic E-state index is 0.297. The van der Waals surface area contributed by atoms with Crippen LogP contribution in [0.1, 0.15) is 24.6 Å². The van der Waals surface area contributed by atoms with Gasteiger partial charge in [-0.15, -0.1) is 0 Å². The summed E-state index contributed by atoms with van der Waals surface area (Å²) in [5, 5.41) is 12.5. The van der Waals surface area contributed by atoms with Gasteiger partial charge in [0.2, 0.25) is 0 Å². The van der Waals surface area contributed by atoms with Crippen LogP contribution in [0.2, 0.25) is 0 Å². The maximum Gasteiger partial charge on any atom is 0.0573 e. The van der Waals surface area contributed by atoms with Crippen LogP contribution in [-0.2, 0) is 0 Å². The van der Waals surface area contributed by atoms with Crippen molar-refractivity contribution in [3.63, 3.8) is 0 Å². The van der Waals surface area contributed by atoms with Gasteiger partial charge in [0, 0.05) is 18.8 Å². The van der Waals surface area contributed by atoms with Crippen molar-refractivity contribution in [2.75, 3.05) is 13.2 Å². The molecule has 0 aromatic carbocycles. The third-order valence-electron chi connectivity index (χ3n) is 2.82. The van der Waals surface area contributed by atoms with E-state index in [4.69, 9.17) is 5.11 Å². The SMILES string of the molecule is OCC1CCNC(c2ccccn2)C1. The Kier molecular flexibility index (Phi) is 3.11. The molecular weight excluding hydrogens is 176 g/mol. The maximum atomic E-state index is 9.11. The number of aliphatic hydroxyl groups is 1. The zero-order chi connectivity index (χ0) is 9.80. The molecule has 2 atom stereocenters. The average Bonchev–Trinajstić information content (AvgIpc) is 2.30. The molecule has 1 aromatic heterocycles. The summed E-state index contributed by atoms with van der Waals surface area (Å²) in [6.07, 6.45) is 3.88. The molecule has 0 saturated carbocycles. The molecule has 0 amide bonds. The molecule has 0 bridgehead atoms. The van der Waals surface area contributed by atoms with E-state index in [9.17, 15) is 0 Å². The van der Waals surface area contributed by atoms with E-state index in [2.05, 4.69) is 10.3 Å². The van der Waals surface area contributed by atoms with E-state index >= 15 is 0 Å². The highest BCUT2D eigenvalue weighted by molar-refractivity contribution is 5.09. The van der Waals surface area contributed by atoms with Gasteiger partial charge < -0.3 is 10.4 Å². The Bertz CT molecular complexity index is 276. The number of aliphatic hydroxyl groups excluding tert-OH is 1. The van der Waals surface area contributed by atoms with Gasteiger partial charge in [-0.25, -0.2) is 0 Å². The van der Waals surface area contributed by atoms with Crippen molar-refractivity contribution >= 4 is 0 Å². The lowest BCUT2D eigenvalue weighted by molar-refractivity contribution is 0.175. The molecule has 3 nitrogen and oxygen atoms in total. The van der Waals surface area contributed by atoms with Crippen molar-refractivity contribution in [2.45, 2.75) is 18.9 Å². The molecule has 2 heterocycles. The second-order valence-corrected chi connectivity index (χ2v) is 3.83. The lowest BCUT2D eigenvalue weighted by Crippen LogP contribution is -2.33. The summed E-state index contributed by atoms with van der Waals surface area (Å²) < 4.78 is 0. The normalized spacial score (nSPS) is 27.5. The molecule has 1 aliphatic rings. The van der Waals surface area contributed by atoms with Crippen molar-refractivity contribution in [3.05, 3.63) is 30.1 Å². The van der Waals surface area contributed by atoms with Gasteiger partial charge in [-0.3, -0.25) is 4.98 Å². The number of nitrogens with one attached hydrogen (secondary N) is 1. The third-order valence-corrected chi connectivity index (χ3v) is 2.82. The molecule has 2 N–H and O–H groups in total. The molecule has 76 valence electrons. The minimum atomic E-state index is 0.297. The third kappa shape index (κ3) is 2.11. The molecule has 0 aliphatic carbocycles. The number of pyridine rings is 1. The van der Waals surface area contributed by atoms with Crippen LogP contribution in [0.5, 0.6) is 0 Å². The fourth-order valence-corrected chi connectivity index (χ4v) is 1.97. The molecule has 1 aromatic rings. The number of nitrogens with zero attached hydrogens (tertiary/aromatic N) is 1. The van der Waals surface area contributed by atoms with E-state index in [0.717, 1.165) is 25.1 Å². The Labute approximate surface area is 84.2 Å². The van der Waals surface area contributed by atoms with Crippen LogP contribution in [-0.4, -0.2) is 23.2 Å². The van der Waals surface area contributed by atoms with Gasteiger partial charge in [-0.05, 0) is 37.4 Å². The number of piperidine rings is 1. The van der Waals surface area contributed by atoms with Gasteiger partial charge in [0.1, 0.15) is 0 Å². The molecule has 0 spiro atoms. The molecule has 0 radical (unpaired) electrons. The summed E-state index contributed by atoms with van der Waals surface area (Å²) in [7, 11) is 0. The maximum absolute atomic E-state index is 9.11. The Morgan fingerprint density at radius 1 is 1.50 bits per heavy atom. The van der Waals surface area contributed by atoms with E-state index < -0.39 is 0 Å². The predicted molar refractivity (Wildman–Crippen MR) is 54.8 cm³/mol. The molecule has 1 aliphatic heterocycles. The van der Waals surface area contributed by atoms with Crippen LogP contribution < -0.4 is 5.32 Å². The van der Waals surface area contributed by atoms with Gasteiger partial charge in [0.25, 0.3) is 0 Å². The van der Waals surface area contributed by atoms with Gasteiger partial charge in [-0.2, -0.15) is 0 Å². The standard InChI is InChI=1S/C11H16N2O/c14-8-9-4-6-13-11(7-9)10-3-1-2-5-12-10/h1-3,5,9,11,13-14H,4,6-8H2. The largest absolute Gasteiger partial charge is 0.396 e. The summed E-state index contributed by atoms with van der Waals surface area (Å²) in [5.74, 6) is 0.434. The number of hydrogen-bond donors (Lipinski definition) is 2. The van der Waals surface area contributed by atoms with Crippen LogP contribution in [0.15, 0.2) is 24.4 Å². The van der Waals surface area contributed by atoms with E-state index in [1.807, 2.05) is 24.4 Å². The first-order valence-electron chi connectivity index (χ1n) is 5.15. The highest BCUT2D eigenvalue weighted by Crippen LogP contribution is 2.25. The molecule has 2 unspecified atom stereocenters. The summed E-state index contributed by atoms with van der Waals surface area (Å²) >= 11 is 0. The van der Waals surface area contributed by atoms with Gasteiger partial charge in [-0.1, -0.05) is 6.07 Å². The topological polar surface area (TPSA) is 45.1 Å². The summed E-state index contributed by atoms with van der Waals surface area (Å²) in [4.78, 5) is 4.33. The zero-order valence-corrected chi connectivity index (χ0v) is 8.19. The summed E-state index contributed by atoms with van der Waals surface area (Å²) in [6.45, 7) is 1.28. The van der Waals surface area contributed by atoms with E-state index in [1.54, 1.807) is 0 Å². The zero-order valence-electron chi connectivity index (χ0n) is 8.19. The van der Waals surface area contributed by atoms with Crippen LogP contribution >= 0.6 is 0 Å². The second-order valence-electron chi connectivity index (χ2n) is 3.83. The van der Waals surface area contributed by atoms with Crippen LogP contribution in [0.4, 0.5) is 0 Å². The van der Waals surface area contributed by atoms with E-state index in [1.165, 1.54) is 0 Å².